The second kappa shape index (κ2) is 5.86. The lowest BCUT2D eigenvalue weighted by Crippen LogP contribution is -2.46. The highest BCUT2D eigenvalue weighted by Gasteiger charge is 2.29. The molecule has 15 heavy (non-hydrogen) atoms. The number of nitrogens with zero attached hydrogens (tertiary/aromatic N) is 1. The summed E-state index contributed by atoms with van der Waals surface area (Å²) >= 11 is 0. The maximum Gasteiger partial charge on any atom is 0.0502 e. The van der Waals surface area contributed by atoms with Crippen LogP contribution in [0.3, 0.4) is 0 Å². The van der Waals surface area contributed by atoms with Crippen molar-refractivity contribution in [2.45, 2.75) is 40.2 Å². The zero-order valence-electron chi connectivity index (χ0n) is 11.0. The number of ether oxygens (including phenoxy) is 1. The summed E-state index contributed by atoms with van der Waals surface area (Å²) in [6, 6.07) is 0.672. The van der Waals surface area contributed by atoms with Gasteiger partial charge in [0.25, 0.3) is 0 Å². The van der Waals surface area contributed by atoms with Crippen LogP contribution in [-0.2, 0) is 4.74 Å². The molecule has 2 heteroatoms. The lowest BCUT2D eigenvalue weighted by atomic mass is 9.82. The van der Waals surface area contributed by atoms with Crippen LogP contribution in [0.15, 0.2) is 0 Å². The number of likely N-dealkylation sites (tertiary alicyclic amines) is 1. The van der Waals surface area contributed by atoms with E-state index in [0.717, 1.165) is 24.4 Å². The summed E-state index contributed by atoms with van der Waals surface area (Å²) in [6.07, 6.45) is 1.34. The van der Waals surface area contributed by atoms with Gasteiger partial charge in [-0.05, 0) is 38.0 Å². The van der Waals surface area contributed by atoms with E-state index in [1.807, 2.05) is 7.11 Å². The van der Waals surface area contributed by atoms with Gasteiger partial charge in [0.1, 0.15) is 0 Å². The minimum atomic E-state index is 0.672. The Labute approximate surface area is 95.0 Å². The molecule has 0 aromatic heterocycles. The van der Waals surface area contributed by atoms with Gasteiger partial charge in [0, 0.05) is 26.2 Å². The van der Waals surface area contributed by atoms with E-state index in [0.29, 0.717) is 6.04 Å². The molecule has 0 aromatic carbocycles. The topological polar surface area (TPSA) is 12.5 Å². The summed E-state index contributed by atoms with van der Waals surface area (Å²) in [5, 5.41) is 0. The highest BCUT2D eigenvalue weighted by atomic mass is 16.5. The molecule has 1 rings (SSSR count). The fraction of sp³-hybridized carbons (Fsp3) is 1.00. The maximum absolute atomic E-state index is 5.31. The van der Waals surface area contributed by atoms with Gasteiger partial charge in [-0.15, -0.1) is 0 Å². The number of rotatable bonds is 4. The van der Waals surface area contributed by atoms with E-state index in [1.165, 1.54) is 19.5 Å². The van der Waals surface area contributed by atoms with Gasteiger partial charge >= 0.3 is 0 Å². The van der Waals surface area contributed by atoms with Crippen LogP contribution >= 0.6 is 0 Å². The first-order chi connectivity index (χ1) is 7.04. The Balaban J connectivity index is 2.56. The van der Waals surface area contributed by atoms with E-state index >= 15 is 0 Å². The summed E-state index contributed by atoms with van der Waals surface area (Å²) in [6.45, 7) is 12.7. The van der Waals surface area contributed by atoms with E-state index in [2.05, 4.69) is 32.6 Å². The number of methoxy groups -OCH3 is 1. The molecule has 0 aromatic rings. The van der Waals surface area contributed by atoms with Crippen LogP contribution < -0.4 is 0 Å². The van der Waals surface area contributed by atoms with Crippen LogP contribution in [0.2, 0.25) is 0 Å². The third-order valence-electron chi connectivity index (χ3n) is 3.67. The number of hydrogen-bond acceptors (Lipinski definition) is 2. The Hall–Kier alpha value is -0.0800. The van der Waals surface area contributed by atoms with Crippen molar-refractivity contribution in [1.29, 1.82) is 0 Å². The normalized spacial score (nSPS) is 29.0. The molecule has 1 saturated heterocycles. The SMILES string of the molecule is COCC1CC(C(C)C)CN(C(C)C)C1. The van der Waals surface area contributed by atoms with E-state index in [1.54, 1.807) is 0 Å². The largest absolute Gasteiger partial charge is 0.384 e. The molecule has 0 saturated carbocycles. The standard InChI is InChI=1S/C13H27NO/c1-10(2)13-6-12(9-15-5)7-14(8-13)11(3)4/h10-13H,6-9H2,1-5H3. The molecule has 2 atom stereocenters. The highest BCUT2D eigenvalue weighted by molar-refractivity contribution is 4.82. The second-order valence-corrected chi connectivity index (χ2v) is 5.61. The smallest absolute Gasteiger partial charge is 0.0502 e. The van der Waals surface area contributed by atoms with Crippen LogP contribution in [-0.4, -0.2) is 37.7 Å². The maximum atomic E-state index is 5.31. The number of hydrogen-bond donors (Lipinski definition) is 0. The monoisotopic (exact) mass is 213 g/mol. The molecule has 90 valence electrons. The van der Waals surface area contributed by atoms with Crippen molar-refractivity contribution in [3.63, 3.8) is 0 Å². The van der Waals surface area contributed by atoms with Crippen LogP contribution in [0, 0.1) is 17.8 Å². The molecule has 1 aliphatic rings. The Morgan fingerprint density at radius 2 is 1.87 bits per heavy atom. The molecule has 0 aliphatic carbocycles. The van der Waals surface area contributed by atoms with Crippen molar-refractivity contribution in [2.75, 3.05) is 26.8 Å². The Bertz CT molecular complexity index is 163. The molecule has 0 amide bonds. The molecule has 2 nitrogen and oxygen atoms in total. The minimum Gasteiger partial charge on any atom is -0.384 e. The molecule has 0 radical (unpaired) electrons. The average Bonchev–Trinajstić information content (AvgIpc) is 2.17. The van der Waals surface area contributed by atoms with Crippen LogP contribution in [0.25, 0.3) is 0 Å². The van der Waals surface area contributed by atoms with Crippen molar-refractivity contribution < 1.29 is 4.74 Å². The second-order valence-electron chi connectivity index (χ2n) is 5.61. The Kier molecular flexibility index (Phi) is 5.07. The summed E-state index contributed by atoms with van der Waals surface area (Å²) < 4.78 is 5.31. The molecule has 1 fully saturated rings. The quantitative estimate of drug-likeness (QED) is 0.712. The molecule has 2 unspecified atom stereocenters. The fourth-order valence-corrected chi connectivity index (χ4v) is 2.55. The lowest BCUT2D eigenvalue weighted by molar-refractivity contribution is 0.0355. The van der Waals surface area contributed by atoms with Crippen LogP contribution in [0.1, 0.15) is 34.1 Å². The van der Waals surface area contributed by atoms with E-state index in [9.17, 15) is 0 Å². The molecule has 0 spiro atoms. The zero-order chi connectivity index (χ0) is 11.4. The predicted molar refractivity (Wildman–Crippen MR) is 65.0 cm³/mol. The third-order valence-corrected chi connectivity index (χ3v) is 3.67. The summed E-state index contributed by atoms with van der Waals surface area (Å²) in [5.74, 6) is 2.38. The Morgan fingerprint density at radius 1 is 1.20 bits per heavy atom. The van der Waals surface area contributed by atoms with Crippen molar-refractivity contribution >= 4 is 0 Å². The van der Waals surface area contributed by atoms with Crippen molar-refractivity contribution in [3.8, 4) is 0 Å². The zero-order valence-corrected chi connectivity index (χ0v) is 11.0. The van der Waals surface area contributed by atoms with Gasteiger partial charge < -0.3 is 9.64 Å². The van der Waals surface area contributed by atoms with E-state index < -0.39 is 0 Å². The number of piperidine rings is 1. The van der Waals surface area contributed by atoms with Crippen molar-refractivity contribution in [1.82, 2.24) is 4.90 Å². The van der Waals surface area contributed by atoms with E-state index in [-0.39, 0.29) is 0 Å². The summed E-state index contributed by atoms with van der Waals surface area (Å²) in [4.78, 5) is 2.61. The van der Waals surface area contributed by atoms with Crippen molar-refractivity contribution in [2.24, 2.45) is 17.8 Å². The highest BCUT2D eigenvalue weighted by Crippen LogP contribution is 2.28. The van der Waals surface area contributed by atoms with Gasteiger partial charge in [0.15, 0.2) is 0 Å². The minimum absolute atomic E-state index is 0.672. The van der Waals surface area contributed by atoms with Gasteiger partial charge in [0.05, 0.1) is 6.61 Å². The molecular formula is C13H27NO. The van der Waals surface area contributed by atoms with E-state index in [4.69, 9.17) is 4.74 Å². The third kappa shape index (κ3) is 3.76. The first-order valence-corrected chi connectivity index (χ1v) is 6.27. The van der Waals surface area contributed by atoms with Crippen molar-refractivity contribution in [3.05, 3.63) is 0 Å². The summed E-state index contributed by atoms with van der Waals surface area (Å²) in [5.41, 5.74) is 0. The molecule has 1 heterocycles. The first-order valence-electron chi connectivity index (χ1n) is 6.27. The Morgan fingerprint density at radius 3 is 2.33 bits per heavy atom. The fourth-order valence-electron chi connectivity index (χ4n) is 2.55. The molecule has 0 N–H and O–H groups in total. The predicted octanol–water partition coefficient (Wildman–Crippen LogP) is 2.64. The van der Waals surface area contributed by atoms with Gasteiger partial charge in [-0.25, -0.2) is 0 Å². The average molecular weight is 213 g/mol. The first kappa shape index (κ1) is 13.0. The lowest BCUT2D eigenvalue weighted by Gasteiger charge is -2.41. The molecule has 1 aliphatic heterocycles. The van der Waals surface area contributed by atoms with Gasteiger partial charge in [0.2, 0.25) is 0 Å². The van der Waals surface area contributed by atoms with Crippen LogP contribution in [0.4, 0.5) is 0 Å². The van der Waals surface area contributed by atoms with Gasteiger partial charge in [-0.3, -0.25) is 0 Å². The van der Waals surface area contributed by atoms with Gasteiger partial charge in [-0.2, -0.15) is 0 Å². The van der Waals surface area contributed by atoms with Gasteiger partial charge in [-0.1, -0.05) is 13.8 Å². The van der Waals surface area contributed by atoms with Crippen LogP contribution in [0.5, 0.6) is 0 Å². The molecular weight excluding hydrogens is 186 g/mol. The molecule has 0 bridgehead atoms. The summed E-state index contributed by atoms with van der Waals surface area (Å²) in [7, 11) is 1.82.